The fourth-order valence-corrected chi connectivity index (χ4v) is 2.59. The molecule has 14 heavy (non-hydrogen) atoms. The van der Waals surface area contributed by atoms with Gasteiger partial charge in [-0.15, -0.1) is 11.3 Å². The van der Waals surface area contributed by atoms with Crippen LogP contribution in [0.5, 0.6) is 0 Å². The molecule has 0 saturated heterocycles. The van der Waals surface area contributed by atoms with E-state index in [-0.39, 0.29) is 0 Å². The molecule has 0 unspecified atom stereocenters. The smallest absolute Gasteiger partial charge is 0.150 e. The van der Waals surface area contributed by atoms with Crippen LogP contribution in [0.4, 0.5) is 0 Å². The molecule has 1 aliphatic rings. The van der Waals surface area contributed by atoms with Gasteiger partial charge in [0.2, 0.25) is 0 Å². The van der Waals surface area contributed by atoms with Crippen molar-refractivity contribution in [2.45, 2.75) is 25.3 Å². The summed E-state index contributed by atoms with van der Waals surface area (Å²) < 4.78 is 2.33. The first-order valence-corrected chi connectivity index (χ1v) is 5.90. The molecule has 2 aromatic rings. The first kappa shape index (κ1) is 8.24. The third-order valence-electron chi connectivity index (χ3n) is 2.88. The SMILES string of the molecule is c1csc(-c2nccn2C2CCC2)c1. The van der Waals surface area contributed by atoms with Crippen molar-refractivity contribution in [1.82, 2.24) is 9.55 Å². The zero-order valence-corrected chi connectivity index (χ0v) is 8.70. The lowest BCUT2D eigenvalue weighted by Gasteiger charge is -2.28. The van der Waals surface area contributed by atoms with Crippen LogP contribution in [-0.2, 0) is 0 Å². The maximum absolute atomic E-state index is 4.43. The zero-order chi connectivity index (χ0) is 9.38. The third kappa shape index (κ3) is 1.20. The van der Waals surface area contributed by atoms with Crippen molar-refractivity contribution in [3.05, 3.63) is 29.9 Å². The van der Waals surface area contributed by atoms with Gasteiger partial charge in [0.25, 0.3) is 0 Å². The highest BCUT2D eigenvalue weighted by atomic mass is 32.1. The van der Waals surface area contributed by atoms with Gasteiger partial charge in [0.15, 0.2) is 0 Å². The summed E-state index contributed by atoms with van der Waals surface area (Å²) in [5.74, 6) is 1.14. The van der Waals surface area contributed by atoms with E-state index in [1.807, 2.05) is 6.20 Å². The fourth-order valence-electron chi connectivity index (χ4n) is 1.87. The van der Waals surface area contributed by atoms with Crippen LogP contribution < -0.4 is 0 Å². The van der Waals surface area contributed by atoms with Crippen LogP contribution in [0.15, 0.2) is 29.9 Å². The van der Waals surface area contributed by atoms with Gasteiger partial charge in [-0.05, 0) is 30.7 Å². The fraction of sp³-hybridized carbons (Fsp3) is 0.364. The molecular formula is C11H12N2S. The van der Waals surface area contributed by atoms with Crippen LogP contribution in [0, 0.1) is 0 Å². The number of thiophene rings is 1. The molecule has 0 spiro atoms. The minimum Gasteiger partial charge on any atom is -0.327 e. The van der Waals surface area contributed by atoms with Gasteiger partial charge in [0.1, 0.15) is 5.82 Å². The first-order chi connectivity index (χ1) is 6.95. The van der Waals surface area contributed by atoms with Crippen LogP contribution in [-0.4, -0.2) is 9.55 Å². The molecule has 0 bridgehead atoms. The maximum atomic E-state index is 4.43. The van der Waals surface area contributed by atoms with Gasteiger partial charge < -0.3 is 4.57 Å². The summed E-state index contributed by atoms with van der Waals surface area (Å²) in [5.41, 5.74) is 0. The van der Waals surface area contributed by atoms with E-state index in [1.165, 1.54) is 24.1 Å². The van der Waals surface area contributed by atoms with Crippen molar-refractivity contribution in [3.8, 4) is 10.7 Å². The molecule has 0 amide bonds. The van der Waals surface area contributed by atoms with Crippen molar-refractivity contribution in [3.63, 3.8) is 0 Å². The molecule has 3 rings (SSSR count). The van der Waals surface area contributed by atoms with E-state index in [0.29, 0.717) is 6.04 Å². The molecular weight excluding hydrogens is 192 g/mol. The minimum absolute atomic E-state index is 0.703. The van der Waals surface area contributed by atoms with Crippen molar-refractivity contribution in [1.29, 1.82) is 0 Å². The van der Waals surface area contributed by atoms with E-state index in [0.717, 1.165) is 5.82 Å². The van der Waals surface area contributed by atoms with E-state index in [9.17, 15) is 0 Å². The topological polar surface area (TPSA) is 17.8 Å². The molecule has 2 heterocycles. The molecule has 2 nitrogen and oxygen atoms in total. The normalized spacial score (nSPS) is 16.9. The predicted octanol–water partition coefficient (Wildman–Crippen LogP) is 3.34. The summed E-state index contributed by atoms with van der Waals surface area (Å²) in [5, 5.41) is 2.11. The van der Waals surface area contributed by atoms with E-state index in [4.69, 9.17) is 0 Å². The molecule has 1 saturated carbocycles. The van der Waals surface area contributed by atoms with Crippen LogP contribution in [0.25, 0.3) is 10.7 Å². The second-order valence-electron chi connectivity index (χ2n) is 3.72. The summed E-state index contributed by atoms with van der Waals surface area (Å²) in [4.78, 5) is 5.71. The average molecular weight is 204 g/mol. The monoisotopic (exact) mass is 204 g/mol. The third-order valence-corrected chi connectivity index (χ3v) is 3.74. The summed E-state index contributed by atoms with van der Waals surface area (Å²) >= 11 is 1.76. The molecule has 1 aliphatic carbocycles. The van der Waals surface area contributed by atoms with E-state index in [2.05, 4.69) is 33.3 Å². The second-order valence-corrected chi connectivity index (χ2v) is 4.67. The van der Waals surface area contributed by atoms with E-state index >= 15 is 0 Å². The van der Waals surface area contributed by atoms with Crippen LogP contribution in [0.3, 0.4) is 0 Å². The second kappa shape index (κ2) is 3.24. The highest BCUT2D eigenvalue weighted by molar-refractivity contribution is 7.13. The number of nitrogens with zero attached hydrogens (tertiary/aromatic N) is 2. The summed E-state index contributed by atoms with van der Waals surface area (Å²) in [7, 11) is 0. The quantitative estimate of drug-likeness (QED) is 0.733. The molecule has 0 aliphatic heterocycles. The molecule has 0 N–H and O–H groups in total. The van der Waals surface area contributed by atoms with Crippen molar-refractivity contribution in [2.75, 3.05) is 0 Å². The van der Waals surface area contributed by atoms with Crippen molar-refractivity contribution >= 4 is 11.3 Å². The maximum Gasteiger partial charge on any atom is 0.150 e. The summed E-state index contributed by atoms with van der Waals surface area (Å²) in [6.07, 6.45) is 8.02. The van der Waals surface area contributed by atoms with Crippen molar-refractivity contribution < 1.29 is 0 Å². The highest BCUT2D eigenvalue weighted by Gasteiger charge is 2.21. The van der Waals surface area contributed by atoms with E-state index < -0.39 is 0 Å². The Morgan fingerprint density at radius 1 is 1.43 bits per heavy atom. The Balaban J connectivity index is 2.01. The molecule has 0 atom stereocenters. The Morgan fingerprint density at radius 2 is 2.36 bits per heavy atom. The largest absolute Gasteiger partial charge is 0.327 e. The lowest BCUT2D eigenvalue weighted by Crippen LogP contribution is -2.16. The molecule has 1 fully saturated rings. The number of aromatic nitrogens is 2. The molecule has 2 aromatic heterocycles. The zero-order valence-electron chi connectivity index (χ0n) is 7.89. The van der Waals surface area contributed by atoms with Crippen LogP contribution in [0.2, 0.25) is 0 Å². The van der Waals surface area contributed by atoms with Crippen molar-refractivity contribution in [2.24, 2.45) is 0 Å². The summed E-state index contributed by atoms with van der Waals surface area (Å²) in [6.45, 7) is 0. The van der Waals surface area contributed by atoms with Gasteiger partial charge in [-0.25, -0.2) is 4.98 Å². The number of hydrogen-bond acceptors (Lipinski definition) is 2. The predicted molar refractivity (Wildman–Crippen MR) is 58.4 cm³/mol. The molecule has 0 radical (unpaired) electrons. The molecule has 3 heteroatoms. The number of rotatable bonds is 2. The first-order valence-electron chi connectivity index (χ1n) is 5.02. The standard InChI is InChI=1S/C11H12N2S/c1-3-9(4-1)13-7-6-12-11(13)10-5-2-8-14-10/h2,5-9H,1,3-4H2. The van der Waals surface area contributed by atoms with Gasteiger partial charge in [0, 0.05) is 18.4 Å². The lowest BCUT2D eigenvalue weighted by atomic mass is 9.93. The lowest BCUT2D eigenvalue weighted by molar-refractivity contribution is 0.316. The Kier molecular flexibility index (Phi) is 1.91. The Bertz CT molecular complexity index is 412. The van der Waals surface area contributed by atoms with E-state index in [1.54, 1.807) is 11.3 Å². The number of hydrogen-bond donors (Lipinski definition) is 0. The van der Waals surface area contributed by atoms with Gasteiger partial charge in [0.05, 0.1) is 4.88 Å². The molecule has 0 aromatic carbocycles. The summed E-state index contributed by atoms with van der Waals surface area (Å²) in [6, 6.07) is 4.93. The Labute approximate surface area is 87.2 Å². The molecule has 72 valence electrons. The number of imidazole rings is 1. The highest BCUT2D eigenvalue weighted by Crippen LogP contribution is 2.35. The van der Waals surface area contributed by atoms with Gasteiger partial charge in [-0.3, -0.25) is 0 Å². The van der Waals surface area contributed by atoms with Gasteiger partial charge in [-0.1, -0.05) is 6.07 Å². The average Bonchev–Trinajstić information content (AvgIpc) is 2.66. The van der Waals surface area contributed by atoms with Crippen LogP contribution in [0.1, 0.15) is 25.3 Å². The minimum atomic E-state index is 0.703. The van der Waals surface area contributed by atoms with Gasteiger partial charge in [-0.2, -0.15) is 0 Å². The Morgan fingerprint density at radius 3 is 3.00 bits per heavy atom. The van der Waals surface area contributed by atoms with Gasteiger partial charge >= 0.3 is 0 Å². The Hall–Kier alpha value is -1.09. The van der Waals surface area contributed by atoms with Crippen LogP contribution >= 0.6 is 11.3 Å².